The van der Waals surface area contributed by atoms with Gasteiger partial charge in [0, 0.05) is 16.6 Å². The van der Waals surface area contributed by atoms with Crippen LogP contribution in [0.1, 0.15) is 15.9 Å². The van der Waals surface area contributed by atoms with Crippen molar-refractivity contribution >= 4 is 34.8 Å². The predicted molar refractivity (Wildman–Crippen MR) is 80.2 cm³/mol. The predicted octanol–water partition coefficient (Wildman–Crippen LogP) is 4.51. The van der Waals surface area contributed by atoms with E-state index in [1.54, 1.807) is 12.1 Å². The number of alkyl halides is 1. The molecule has 20 heavy (non-hydrogen) atoms. The van der Waals surface area contributed by atoms with Crippen LogP contribution < -0.4 is 5.32 Å². The number of halogens is 3. The van der Waals surface area contributed by atoms with Crippen molar-refractivity contribution < 1.29 is 9.18 Å². The van der Waals surface area contributed by atoms with Crippen molar-refractivity contribution in [3.63, 3.8) is 0 Å². The van der Waals surface area contributed by atoms with Crippen LogP contribution in [0.3, 0.4) is 0 Å². The molecule has 2 aromatic carbocycles. The Morgan fingerprint density at radius 1 is 1.15 bits per heavy atom. The molecule has 1 amide bonds. The van der Waals surface area contributed by atoms with Gasteiger partial charge < -0.3 is 5.32 Å². The first-order valence-corrected chi connectivity index (χ1v) is 6.92. The Bertz CT molecular complexity index is 614. The third-order valence-corrected chi connectivity index (χ3v) is 3.19. The van der Waals surface area contributed by atoms with Crippen molar-refractivity contribution in [2.45, 2.75) is 6.42 Å². The number of hydrogen-bond donors (Lipinski definition) is 1. The van der Waals surface area contributed by atoms with Gasteiger partial charge in [0.2, 0.25) is 0 Å². The van der Waals surface area contributed by atoms with Gasteiger partial charge in [0.25, 0.3) is 5.91 Å². The van der Waals surface area contributed by atoms with Crippen LogP contribution in [-0.2, 0) is 6.42 Å². The van der Waals surface area contributed by atoms with E-state index >= 15 is 0 Å². The van der Waals surface area contributed by atoms with Crippen molar-refractivity contribution in [2.75, 3.05) is 11.2 Å². The van der Waals surface area contributed by atoms with Crippen molar-refractivity contribution in [3.05, 3.63) is 64.4 Å². The molecule has 2 rings (SSSR count). The van der Waals surface area contributed by atoms with Crippen LogP contribution in [0.25, 0.3) is 0 Å². The van der Waals surface area contributed by atoms with Crippen molar-refractivity contribution in [1.82, 2.24) is 0 Å². The first kappa shape index (κ1) is 14.8. The molecule has 0 aliphatic heterocycles. The molecule has 0 radical (unpaired) electrons. The third-order valence-electron chi connectivity index (χ3n) is 2.77. The maximum Gasteiger partial charge on any atom is 0.258 e. The van der Waals surface area contributed by atoms with Gasteiger partial charge in [-0.25, -0.2) is 4.39 Å². The lowest BCUT2D eigenvalue weighted by Crippen LogP contribution is -2.13. The summed E-state index contributed by atoms with van der Waals surface area (Å²) in [5.74, 6) is -0.611. The van der Waals surface area contributed by atoms with Gasteiger partial charge in [-0.15, -0.1) is 11.6 Å². The van der Waals surface area contributed by atoms with Crippen LogP contribution in [0.4, 0.5) is 10.1 Å². The lowest BCUT2D eigenvalue weighted by atomic mass is 10.1. The maximum atomic E-state index is 13.6. The zero-order valence-electron chi connectivity index (χ0n) is 10.5. The van der Waals surface area contributed by atoms with E-state index < -0.39 is 11.7 Å². The molecule has 5 heteroatoms. The normalized spacial score (nSPS) is 10.3. The Labute approximate surface area is 126 Å². The molecule has 0 fully saturated rings. The number of nitrogens with one attached hydrogen (secondary N) is 1. The minimum absolute atomic E-state index is 0.0424. The topological polar surface area (TPSA) is 29.1 Å². The Kier molecular flexibility index (Phi) is 4.99. The van der Waals surface area contributed by atoms with E-state index in [1.165, 1.54) is 12.1 Å². The van der Waals surface area contributed by atoms with Crippen LogP contribution in [-0.4, -0.2) is 11.8 Å². The molecule has 0 saturated heterocycles. The fourth-order valence-electron chi connectivity index (χ4n) is 1.74. The van der Waals surface area contributed by atoms with Gasteiger partial charge in [0.1, 0.15) is 5.82 Å². The third kappa shape index (κ3) is 3.71. The van der Waals surface area contributed by atoms with Crippen molar-refractivity contribution in [2.24, 2.45) is 0 Å². The zero-order valence-corrected chi connectivity index (χ0v) is 12.0. The lowest BCUT2D eigenvalue weighted by Gasteiger charge is -2.07. The highest BCUT2D eigenvalue weighted by atomic mass is 35.5. The molecule has 104 valence electrons. The largest absolute Gasteiger partial charge is 0.322 e. The second-order valence-electron chi connectivity index (χ2n) is 4.21. The van der Waals surface area contributed by atoms with E-state index in [2.05, 4.69) is 5.32 Å². The average Bonchev–Trinajstić information content (AvgIpc) is 2.41. The van der Waals surface area contributed by atoms with E-state index in [9.17, 15) is 9.18 Å². The van der Waals surface area contributed by atoms with Crippen LogP contribution in [0.5, 0.6) is 0 Å². The molecule has 0 unspecified atom stereocenters. The van der Waals surface area contributed by atoms with Gasteiger partial charge >= 0.3 is 0 Å². The van der Waals surface area contributed by atoms with Gasteiger partial charge in [0.05, 0.1) is 5.56 Å². The number of aryl methyl sites for hydroxylation is 1. The van der Waals surface area contributed by atoms with E-state index in [-0.39, 0.29) is 10.6 Å². The molecule has 1 N–H and O–H groups in total. The number of anilines is 1. The standard InChI is InChI=1S/C15H12Cl2FNO/c16-8-7-10-1-4-12(5-2-10)19-15(20)13-6-3-11(17)9-14(13)18/h1-6,9H,7-8H2,(H,19,20). The average molecular weight is 312 g/mol. The molecule has 0 saturated carbocycles. The quantitative estimate of drug-likeness (QED) is 0.827. The lowest BCUT2D eigenvalue weighted by molar-refractivity contribution is 0.102. The van der Waals surface area contributed by atoms with Crippen LogP contribution in [0.15, 0.2) is 42.5 Å². The zero-order chi connectivity index (χ0) is 14.5. The number of hydrogen-bond acceptors (Lipinski definition) is 1. The number of rotatable bonds is 4. The molecule has 0 heterocycles. The molecule has 0 aromatic heterocycles. The second kappa shape index (κ2) is 6.73. The summed E-state index contributed by atoms with van der Waals surface area (Å²) in [6.07, 6.45) is 0.765. The molecule has 0 aliphatic carbocycles. The highest BCUT2D eigenvalue weighted by Crippen LogP contribution is 2.17. The summed E-state index contributed by atoms with van der Waals surface area (Å²) in [5, 5.41) is 2.89. The van der Waals surface area contributed by atoms with Crippen LogP contribution >= 0.6 is 23.2 Å². The Hall–Kier alpha value is -1.58. The molecular formula is C15H12Cl2FNO. The van der Waals surface area contributed by atoms with Crippen LogP contribution in [0, 0.1) is 5.82 Å². The highest BCUT2D eigenvalue weighted by molar-refractivity contribution is 6.30. The summed E-state index contributed by atoms with van der Waals surface area (Å²) in [6, 6.07) is 11.2. The van der Waals surface area contributed by atoms with Gasteiger partial charge in [-0.1, -0.05) is 23.7 Å². The van der Waals surface area contributed by atoms with Crippen molar-refractivity contribution in [1.29, 1.82) is 0 Å². The number of carbonyl (C=O) groups is 1. The van der Waals surface area contributed by atoms with Gasteiger partial charge in [0.15, 0.2) is 0 Å². The van der Waals surface area contributed by atoms with E-state index in [1.807, 2.05) is 12.1 Å². The van der Waals surface area contributed by atoms with Gasteiger partial charge in [-0.3, -0.25) is 4.79 Å². The Morgan fingerprint density at radius 3 is 2.45 bits per heavy atom. The van der Waals surface area contributed by atoms with Gasteiger partial charge in [-0.2, -0.15) is 0 Å². The summed E-state index contributed by atoms with van der Waals surface area (Å²) in [6.45, 7) is 0. The molecule has 0 aliphatic rings. The molecule has 2 nitrogen and oxygen atoms in total. The molecular weight excluding hydrogens is 300 g/mol. The molecule has 0 atom stereocenters. The number of amides is 1. The summed E-state index contributed by atoms with van der Waals surface area (Å²) < 4.78 is 13.6. The first-order chi connectivity index (χ1) is 9.60. The highest BCUT2D eigenvalue weighted by Gasteiger charge is 2.12. The molecule has 0 bridgehead atoms. The minimum Gasteiger partial charge on any atom is -0.322 e. The molecule has 2 aromatic rings. The van der Waals surface area contributed by atoms with Crippen molar-refractivity contribution in [3.8, 4) is 0 Å². The second-order valence-corrected chi connectivity index (χ2v) is 5.03. The smallest absolute Gasteiger partial charge is 0.258 e. The summed E-state index contributed by atoms with van der Waals surface area (Å²) in [7, 11) is 0. The SMILES string of the molecule is O=C(Nc1ccc(CCCl)cc1)c1ccc(Cl)cc1F. The van der Waals surface area contributed by atoms with Crippen LogP contribution in [0.2, 0.25) is 5.02 Å². The number of carbonyl (C=O) groups excluding carboxylic acids is 1. The maximum absolute atomic E-state index is 13.6. The Morgan fingerprint density at radius 2 is 1.85 bits per heavy atom. The van der Waals surface area contributed by atoms with E-state index in [0.29, 0.717) is 11.6 Å². The molecule has 0 spiro atoms. The van der Waals surface area contributed by atoms with E-state index in [0.717, 1.165) is 18.1 Å². The Balaban J connectivity index is 2.11. The monoisotopic (exact) mass is 311 g/mol. The summed E-state index contributed by atoms with van der Waals surface area (Å²) in [4.78, 5) is 11.9. The number of benzene rings is 2. The van der Waals surface area contributed by atoms with E-state index in [4.69, 9.17) is 23.2 Å². The summed E-state index contributed by atoms with van der Waals surface area (Å²) >= 11 is 11.3. The van der Waals surface area contributed by atoms with Gasteiger partial charge in [-0.05, 0) is 42.3 Å². The fourth-order valence-corrected chi connectivity index (χ4v) is 2.11. The first-order valence-electron chi connectivity index (χ1n) is 6.01. The summed E-state index contributed by atoms with van der Waals surface area (Å²) in [5.41, 5.74) is 1.64. The fraction of sp³-hybridized carbons (Fsp3) is 0.133. The minimum atomic E-state index is -0.645.